The van der Waals surface area contributed by atoms with E-state index in [1.807, 2.05) is 6.07 Å². The Morgan fingerprint density at radius 3 is 2.65 bits per heavy atom. The summed E-state index contributed by atoms with van der Waals surface area (Å²) >= 11 is 0. The van der Waals surface area contributed by atoms with Crippen LogP contribution in [0.4, 0.5) is 4.39 Å². The molecule has 1 aliphatic carbocycles. The van der Waals surface area contributed by atoms with E-state index in [9.17, 15) is 9.50 Å². The minimum atomic E-state index is -0.369. The van der Waals surface area contributed by atoms with E-state index in [0.29, 0.717) is 24.7 Å². The Kier molecular flexibility index (Phi) is 5.51. The fourth-order valence-corrected chi connectivity index (χ4v) is 3.01. The van der Waals surface area contributed by atoms with Crippen LogP contribution in [0.15, 0.2) is 18.2 Å². The standard InChI is InChI=1S/C16H21FN2O/c17-15-9-13(11-18)8-14(10-15)12-19(6-7-20)16-4-2-1-3-5-16/h8-10,16,20H,1-7,12H2. The van der Waals surface area contributed by atoms with E-state index in [0.717, 1.165) is 18.4 Å². The molecule has 1 aliphatic rings. The number of nitriles is 1. The fraction of sp³-hybridized carbons (Fsp3) is 0.562. The van der Waals surface area contributed by atoms with Gasteiger partial charge in [0.15, 0.2) is 0 Å². The van der Waals surface area contributed by atoms with Gasteiger partial charge in [-0.2, -0.15) is 5.26 Å². The van der Waals surface area contributed by atoms with Gasteiger partial charge >= 0.3 is 0 Å². The Bertz CT molecular complexity index is 478. The summed E-state index contributed by atoms with van der Waals surface area (Å²) in [5, 5.41) is 18.1. The van der Waals surface area contributed by atoms with E-state index in [1.165, 1.54) is 31.4 Å². The van der Waals surface area contributed by atoms with Crippen LogP contribution in [-0.2, 0) is 6.54 Å². The molecule has 0 bridgehead atoms. The van der Waals surface area contributed by atoms with Gasteiger partial charge in [-0.1, -0.05) is 19.3 Å². The Morgan fingerprint density at radius 1 is 1.25 bits per heavy atom. The Hall–Kier alpha value is -1.44. The van der Waals surface area contributed by atoms with Crippen LogP contribution in [0, 0.1) is 17.1 Å². The van der Waals surface area contributed by atoms with Crippen molar-refractivity contribution in [2.24, 2.45) is 0 Å². The second-order valence-corrected chi connectivity index (χ2v) is 5.45. The molecule has 1 saturated carbocycles. The summed E-state index contributed by atoms with van der Waals surface area (Å²) in [5.74, 6) is -0.369. The second kappa shape index (κ2) is 7.37. The van der Waals surface area contributed by atoms with Crippen LogP contribution in [-0.4, -0.2) is 29.2 Å². The average molecular weight is 276 g/mol. The quantitative estimate of drug-likeness (QED) is 0.899. The molecule has 3 nitrogen and oxygen atoms in total. The zero-order valence-electron chi connectivity index (χ0n) is 11.7. The number of aliphatic hydroxyl groups is 1. The van der Waals surface area contributed by atoms with Gasteiger partial charge in [0.25, 0.3) is 0 Å². The van der Waals surface area contributed by atoms with Crippen molar-refractivity contribution in [3.8, 4) is 6.07 Å². The number of nitrogens with zero attached hydrogens (tertiary/aromatic N) is 2. The van der Waals surface area contributed by atoms with Crippen LogP contribution in [0.1, 0.15) is 43.2 Å². The van der Waals surface area contributed by atoms with Crippen LogP contribution in [0.2, 0.25) is 0 Å². The van der Waals surface area contributed by atoms with Crippen molar-refractivity contribution in [2.45, 2.75) is 44.7 Å². The molecule has 1 aromatic rings. The predicted octanol–water partition coefficient (Wildman–Crippen LogP) is 2.82. The maximum atomic E-state index is 13.5. The van der Waals surface area contributed by atoms with E-state index in [2.05, 4.69) is 4.90 Å². The molecule has 0 heterocycles. The maximum absolute atomic E-state index is 13.5. The monoisotopic (exact) mass is 276 g/mol. The highest BCUT2D eigenvalue weighted by molar-refractivity contribution is 5.33. The van der Waals surface area contributed by atoms with Crippen LogP contribution in [0.25, 0.3) is 0 Å². The van der Waals surface area contributed by atoms with Gasteiger partial charge < -0.3 is 5.11 Å². The Morgan fingerprint density at radius 2 is 2.00 bits per heavy atom. The summed E-state index contributed by atoms with van der Waals surface area (Å²) in [6, 6.07) is 6.91. The molecule has 2 rings (SSSR count). The molecule has 0 spiro atoms. The summed E-state index contributed by atoms with van der Waals surface area (Å²) < 4.78 is 13.5. The molecule has 0 atom stereocenters. The summed E-state index contributed by atoms with van der Waals surface area (Å²) in [7, 11) is 0. The molecule has 0 amide bonds. The van der Waals surface area contributed by atoms with Gasteiger partial charge in [0.05, 0.1) is 18.2 Å². The van der Waals surface area contributed by atoms with Crippen molar-refractivity contribution >= 4 is 0 Å². The molecule has 108 valence electrons. The molecule has 0 saturated heterocycles. The first-order valence-electron chi connectivity index (χ1n) is 7.27. The van der Waals surface area contributed by atoms with Crippen LogP contribution in [0.5, 0.6) is 0 Å². The zero-order chi connectivity index (χ0) is 14.4. The summed E-state index contributed by atoms with van der Waals surface area (Å²) in [5.41, 5.74) is 1.16. The number of aliphatic hydroxyl groups excluding tert-OH is 1. The molecule has 1 aromatic carbocycles. The van der Waals surface area contributed by atoms with E-state index in [-0.39, 0.29) is 12.4 Å². The minimum absolute atomic E-state index is 0.108. The summed E-state index contributed by atoms with van der Waals surface area (Å²) in [6.07, 6.45) is 6.00. The largest absolute Gasteiger partial charge is 0.395 e. The SMILES string of the molecule is N#Cc1cc(F)cc(CN(CCO)C2CCCCC2)c1. The number of rotatable bonds is 5. The molecule has 0 radical (unpaired) electrons. The molecule has 4 heteroatoms. The summed E-state index contributed by atoms with van der Waals surface area (Å²) in [4.78, 5) is 2.22. The van der Waals surface area contributed by atoms with Crippen molar-refractivity contribution in [1.29, 1.82) is 5.26 Å². The van der Waals surface area contributed by atoms with Crippen LogP contribution >= 0.6 is 0 Å². The topological polar surface area (TPSA) is 47.3 Å². The highest BCUT2D eigenvalue weighted by Crippen LogP contribution is 2.24. The number of halogens is 1. The van der Waals surface area contributed by atoms with Crippen molar-refractivity contribution in [3.63, 3.8) is 0 Å². The zero-order valence-corrected chi connectivity index (χ0v) is 11.7. The highest BCUT2D eigenvalue weighted by Gasteiger charge is 2.21. The van der Waals surface area contributed by atoms with Crippen molar-refractivity contribution in [3.05, 3.63) is 35.1 Å². The third-order valence-corrected chi connectivity index (χ3v) is 3.95. The highest BCUT2D eigenvalue weighted by atomic mass is 19.1. The third-order valence-electron chi connectivity index (χ3n) is 3.95. The van der Waals surface area contributed by atoms with Gasteiger partial charge in [-0.05, 0) is 36.6 Å². The molecule has 0 aromatic heterocycles. The molecule has 1 fully saturated rings. The average Bonchev–Trinajstić information content (AvgIpc) is 2.47. The lowest BCUT2D eigenvalue weighted by Crippen LogP contribution is -2.38. The van der Waals surface area contributed by atoms with E-state index < -0.39 is 0 Å². The van der Waals surface area contributed by atoms with Crippen molar-refractivity contribution < 1.29 is 9.50 Å². The van der Waals surface area contributed by atoms with E-state index >= 15 is 0 Å². The van der Waals surface area contributed by atoms with Crippen molar-refractivity contribution in [1.82, 2.24) is 4.90 Å². The third kappa shape index (κ3) is 4.03. The van der Waals surface area contributed by atoms with Gasteiger partial charge in [0.1, 0.15) is 5.82 Å². The first-order chi connectivity index (χ1) is 9.72. The normalized spacial score (nSPS) is 16.3. The number of hydrogen-bond donors (Lipinski definition) is 1. The molecule has 1 N–H and O–H groups in total. The van der Waals surface area contributed by atoms with Gasteiger partial charge in [-0.3, -0.25) is 4.90 Å². The summed E-state index contributed by atoms with van der Waals surface area (Å²) in [6.45, 7) is 1.30. The van der Waals surface area contributed by atoms with Crippen molar-refractivity contribution in [2.75, 3.05) is 13.2 Å². The molecule has 0 unspecified atom stereocenters. The Labute approximate surface area is 119 Å². The first-order valence-corrected chi connectivity index (χ1v) is 7.27. The van der Waals surface area contributed by atoms with Gasteiger partial charge in [0, 0.05) is 19.1 Å². The maximum Gasteiger partial charge on any atom is 0.124 e. The van der Waals surface area contributed by atoms with Gasteiger partial charge in [0.2, 0.25) is 0 Å². The Balaban J connectivity index is 2.10. The lowest BCUT2D eigenvalue weighted by atomic mass is 9.93. The second-order valence-electron chi connectivity index (χ2n) is 5.45. The van der Waals surface area contributed by atoms with Gasteiger partial charge in [-0.25, -0.2) is 4.39 Å². The number of benzene rings is 1. The molecule has 0 aliphatic heterocycles. The molecular weight excluding hydrogens is 255 g/mol. The number of hydrogen-bond acceptors (Lipinski definition) is 3. The van der Waals surface area contributed by atoms with E-state index in [1.54, 1.807) is 6.07 Å². The van der Waals surface area contributed by atoms with E-state index in [4.69, 9.17) is 5.26 Å². The fourth-order valence-electron chi connectivity index (χ4n) is 3.01. The minimum Gasteiger partial charge on any atom is -0.395 e. The molecule has 20 heavy (non-hydrogen) atoms. The van der Waals surface area contributed by atoms with Crippen LogP contribution < -0.4 is 0 Å². The van der Waals surface area contributed by atoms with Crippen LogP contribution in [0.3, 0.4) is 0 Å². The molecular formula is C16H21FN2O. The first kappa shape index (κ1) is 15.0. The lowest BCUT2D eigenvalue weighted by Gasteiger charge is -2.34. The lowest BCUT2D eigenvalue weighted by molar-refractivity contribution is 0.117. The van der Waals surface area contributed by atoms with Gasteiger partial charge in [-0.15, -0.1) is 0 Å². The smallest absolute Gasteiger partial charge is 0.124 e. The predicted molar refractivity (Wildman–Crippen MR) is 75.5 cm³/mol.